The molecule has 4 heteroatoms. The Morgan fingerprint density at radius 3 is 2.37 bits per heavy atom. The van der Waals surface area contributed by atoms with Crippen LogP contribution < -0.4 is 10.6 Å². The van der Waals surface area contributed by atoms with Crippen LogP contribution >= 0.6 is 0 Å². The van der Waals surface area contributed by atoms with Crippen LogP contribution in [0.4, 0.5) is 11.4 Å². The lowest BCUT2D eigenvalue weighted by molar-refractivity contribution is 0.0926. The number of anilines is 2. The van der Waals surface area contributed by atoms with E-state index in [1.807, 2.05) is 19.1 Å². The fourth-order valence-electron chi connectivity index (χ4n) is 2.29. The minimum absolute atomic E-state index is 0.297. The van der Waals surface area contributed by atoms with Crippen molar-refractivity contribution in [2.24, 2.45) is 0 Å². The first-order valence-electron chi connectivity index (χ1n) is 5.93. The van der Waals surface area contributed by atoms with Gasteiger partial charge in [-0.2, -0.15) is 0 Å². The first-order valence-corrected chi connectivity index (χ1v) is 5.93. The molecule has 3 rings (SSSR count). The molecule has 0 spiro atoms. The highest BCUT2D eigenvalue weighted by Gasteiger charge is 2.37. The van der Waals surface area contributed by atoms with Crippen LogP contribution in [0.2, 0.25) is 0 Å². The van der Waals surface area contributed by atoms with Crippen LogP contribution in [-0.2, 0) is 0 Å². The average molecular weight is 252 g/mol. The van der Waals surface area contributed by atoms with E-state index in [1.54, 1.807) is 30.3 Å². The lowest BCUT2D eigenvalue weighted by Gasteiger charge is -2.16. The summed E-state index contributed by atoms with van der Waals surface area (Å²) in [6, 6.07) is 12.1. The van der Waals surface area contributed by atoms with E-state index >= 15 is 0 Å². The fraction of sp³-hybridized carbons (Fsp3) is 0.0667. The Hall–Kier alpha value is -2.62. The second-order valence-electron chi connectivity index (χ2n) is 4.54. The maximum atomic E-state index is 12.4. The summed E-state index contributed by atoms with van der Waals surface area (Å²) in [4.78, 5) is 25.9. The van der Waals surface area contributed by atoms with Crippen LogP contribution in [0.5, 0.6) is 0 Å². The molecule has 19 heavy (non-hydrogen) atoms. The molecule has 0 atom stereocenters. The number of carbonyl (C=O) groups excluding carboxylic acids is 2. The van der Waals surface area contributed by atoms with Gasteiger partial charge in [-0.1, -0.05) is 18.2 Å². The SMILES string of the molecule is Cc1ccccc1N1C(=O)c2ccc(N)cc2C1=O. The molecule has 0 bridgehead atoms. The Kier molecular flexibility index (Phi) is 2.38. The molecule has 4 nitrogen and oxygen atoms in total. The molecule has 1 heterocycles. The summed E-state index contributed by atoms with van der Waals surface area (Å²) in [6.07, 6.45) is 0. The van der Waals surface area contributed by atoms with Crippen molar-refractivity contribution in [2.45, 2.75) is 6.92 Å². The van der Waals surface area contributed by atoms with Gasteiger partial charge in [-0.15, -0.1) is 0 Å². The van der Waals surface area contributed by atoms with E-state index in [0.717, 1.165) is 5.56 Å². The number of fused-ring (bicyclic) bond motifs is 1. The maximum absolute atomic E-state index is 12.4. The predicted octanol–water partition coefficient (Wildman–Crippen LogP) is 2.38. The van der Waals surface area contributed by atoms with Crippen molar-refractivity contribution in [1.82, 2.24) is 0 Å². The molecule has 0 radical (unpaired) electrons. The van der Waals surface area contributed by atoms with Gasteiger partial charge in [0.05, 0.1) is 16.8 Å². The predicted molar refractivity (Wildman–Crippen MR) is 73.2 cm³/mol. The van der Waals surface area contributed by atoms with Gasteiger partial charge in [-0.25, -0.2) is 4.90 Å². The minimum atomic E-state index is -0.318. The zero-order valence-corrected chi connectivity index (χ0v) is 10.4. The van der Waals surface area contributed by atoms with Crippen LogP contribution in [0, 0.1) is 6.92 Å². The van der Waals surface area contributed by atoms with Gasteiger partial charge in [-0.05, 0) is 36.8 Å². The number of para-hydroxylation sites is 1. The third-order valence-electron chi connectivity index (χ3n) is 3.27. The van der Waals surface area contributed by atoms with Crippen molar-refractivity contribution in [3.63, 3.8) is 0 Å². The Labute approximate surface area is 110 Å². The number of rotatable bonds is 1. The van der Waals surface area contributed by atoms with Gasteiger partial charge >= 0.3 is 0 Å². The van der Waals surface area contributed by atoms with Crippen molar-refractivity contribution in [2.75, 3.05) is 10.6 Å². The number of imide groups is 1. The van der Waals surface area contributed by atoms with Gasteiger partial charge in [0.15, 0.2) is 0 Å². The molecule has 0 aliphatic carbocycles. The summed E-state index contributed by atoms with van der Waals surface area (Å²) >= 11 is 0. The molecule has 1 aliphatic heterocycles. The number of nitrogens with two attached hydrogens (primary N) is 1. The van der Waals surface area contributed by atoms with E-state index in [4.69, 9.17) is 5.73 Å². The van der Waals surface area contributed by atoms with Gasteiger partial charge in [0.2, 0.25) is 0 Å². The summed E-state index contributed by atoms with van der Waals surface area (Å²) in [5, 5.41) is 0. The van der Waals surface area contributed by atoms with Gasteiger partial charge in [0, 0.05) is 5.69 Å². The first-order chi connectivity index (χ1) is 9.09. The van der Waals surface area contributed by atoms with Crippen molar-refractivity contribution in [3.05, 3.63) is 59.2 Å². The number of hydrogen-bond donors (Lipinski definition) is 1. The highest BCUT2D eigenvalue weighted by Crippen LogP contribution is 2.31. The number of benzene rings is 2. The van der Waals surface area contributed by atoms with Crippen LogP contribution in [0.25, 0.3) is 0 Å². The normalized spacial score (nSPS) is 13.8. The molecule has 0 saturated heterocycles. The number of hydrogen-bond acceptors (Lipinski definition) is 3. The summed E-state index contributed by atoms with van der Waals surface area (Å²) in [7, 11) is 0. The average Bonchev–Trinajstić information content (AvgIpc) is 2.63. The van der Waals surface area contributed by atoms with E-state index in [2.05, 4.69) is 0 Å². The first kappa shape index (κ1) is 11.5. The molecule has 2 aromatic carbocycles. The second-order valence-corrected chi connectivity index (χ2v) is 4.54. The molecule has 0 fully saturated rings. The molecular weight excluding hydrogens is 240 g/mol. The highest BCUT2D eigenvalue weighted by molar-refractivity contribution is 6.34. The molecule has 2 N–H and O–H groups in total. The van der Waals surface area contributed by atoms with E-state index < -0.39 is 0 Å². The van der Waals surface area contributed by atoms with E-state index in [9.17, 15) is 9.59 Å². The molecule has 2 amide bonds. The molecule has 1 aliphatic rings. The highest BCUT2D eigenvalue weighted by atomic mass is 16.2. The van der Waals surface area contributed by atoms with Crippen molar-refractivity contribution in [3.8, 4) is 0 Å². The standard InChI is InChI=1S/C15H12N2O2/c1-9-4-2-3-5-13(9)17-14(18)11-7-6-10(16)8-12(11)15(17)19/h2-8H,16H2,1H3. The van der Waals surface area contributed by atoms with E-state index in [-0.39, 0.29) is 11.8 Å². The zero-order valence-electron chi connectivity index (χ0n) is 10.4. The minimum Gasteiger partial charge on any atom is -0.399 e. The Bertz CT molecular complexity index is 707. The van der Waals surface area contributed by atoms with Crippen molar-refractivity contribution >= 4 is 23.2 Å². The number of aryl methyl sites for hydroxylation is 1. The van der Waals surface area contributed by atoms with Gasteiger partial charge in [0.1, 0.15) is 0 Å². The Balaban J connectivity index is 2.16. The second kappa shape index (κ2) is 3.95. The lowest BCUT2D eigenvalue weighted by Crippen LogP contribution is -2.29. The quantitative estimate of drug-likeness (QED) is 0.626. The smallest absolute Gasteiger partial charge is 0.266 e. The summed E-state index contributed by atoms with van der Waals surface area (Å²) in [5.74, 6) is -0.615. The molecule has 0 saturated carbocycles. The molecule has 94 valence electrons. The molecule has 0 aromatic heterocycles. The van der Waals surface area contributed by atoms with Crippen LogP contribution in [0.3, 0.4) is 0 Å². The summed E-state index contributed by atoms with van der Waals surface area (Å²) in [6.45, 7) is 1.87. The summed E-state index contributed by atoms with van der Waals surface area (Å²) < 4.78 is 0. The topological polar surface area (TPSA) is 63.4 Å². The molecule has 2 aromatic rings. The van der Waals surface area contributed by atoms with Crippen LogP contribution in [0.1, 0.15) is 26.3 Å². The number of nitrogens with zero attached hydrogens (tertiary/aromatic N) is 1. The number of carbonyl (C=O) groups is 2. The van der Waals surface area contributed by atoms with Crippen molar-refractivity contribution < 1.29 is 9.59 Å². The van der Waals surface area contributed by atoms with E-state index in [0.29, 0.717) is 22.5 Å². The molecule has 0 unspecified atom stereocenters. The largest absolute Gasteiger partial charge is 0.399 e. The Morgan fingerprint density at radius 1 is 0.947 bits per heavy atom. The lowest BCUT2D eigenvalue weighted by atomic mass is 10.1. The van der Waals surface area contributed by atoms with Gasteiger partial charge in [-0.3, -0.25) is 9.59 Å². The van der Waals surface area contributed by atoms with E-state index in [1.165, 1.54) is 4.90 Å². The monoisotopic (exact) mass is 252 g/mol. The Morgan fingerprint density at radius 2 is 1.63 bits per heavy atom. The number of amides is 2. The van der Waals surface area contributed by atoms with Crippen LogP contribution in [0.15, 0.2) is 42.5 Å². The van der Waals surface area contributed by atoms with Crippen molar-refractivity contribution in [1.29, 1.82) is 0 Å². The number of nitrogen functional groups attached to an aromatic ring is 1. The summed E-state index contributed by atoms with van der Waals surface area (Å²) in [5.41, 5.74) is 8.42. The third-order valence-corrected chi connectivity index (χ3v) is 3.27. The third kappa shape index (κ3) is 1.61. The fourth-order valence-corrected chi connectivity index (χ4v) is 2.29. The van der Waals surface area contributed by atoms with Gasteiger partial charge < -0.3 is 5.73 Å². The maximum Gasteiger partial charge on any atom is 0.266 e. The molecular formula is C15H12N2O2. The van der Waals surface area contributed by atoms with Gasteiger partial charge in [0.25, 0.3) is 11.8 Å². The van der Waals surface area contributed by atoms with Crippen LogP contribution in [-0.4, -0.2) is 11.8 Å². The zero-order chi connectivity index (χ0) is 13.6.